The average molecular weight is 277 g/mol. The van der Waals surface area contributed by atoms with Crippen molar-refractivity contribution in [3.63, 3.8) is 0 Å². The molecule has 0 atom stereocenters. The molecule has 0 heterocycles. The van der Waals surface area contributed by atoms with Crippen molar-refractivity contribution in [3.05, 3.63) is 29.3 Å². The molecule has 20 heavy (non-hydrogen) atoms. The zero-order valence-corrected chi connectivity index (χ0v) is 12.1. The summed E-state index contributed by atoms with van der Waals surface area (Å²) in [5.74, 6) is 0.811. The molecule has 1 aliphatic carbocycles. The first-order valence-corrected chi connectivity index (χ1v) is 7.40. The van der Waals surface area contributed by atoms with Crippen molar-refractivity contribution >= 4 is 5.71 Å². The van der Waals surface area contributed by atoms with Gasteiger partial charge in [-0.25, -0.2) is 0 Å². The van der Waals surface area contributed by atoms with E-state index in [1.807, 2.05) is 12.1 Å². The third-order valence-corrected chi connectivity index (χ3v) is 3.51. The Balaban J connectivity index is 1.87. The number of unbranched alkanes of at least 4 members (excludes halogenated alkanes) is 1. The molecule has 0 fully saturated rings. The smallest absolute Gasteiger partial charge is 0.120 e. The van der Waals surface area contributed by atoms with Gasteiger partial charge >= 0.3 is 0 Å². The van der Waals surface area contributed by atoms with Crippen LogP contribution in [0.2, 0.25) is 0 Å². The van der Waals surface area contributed by atoms with Crippen molar-refractivity contribution in [3.8, 4) is 5.75 Å². The molecule has 0 unspecified atom stereocenters. The van der Waals surface area contributed by atoms with E-state index in [-0.39, 0.29) is 0 Å². The summed E-state index contributed by atoms with van der Waals surface area (Å²) in [6.45, 7) is 4.10. The largest absolute Gasteiger partial charge is 0.491 e. The van der Waals surface area contributed by atoms with Crippen LogP contribution in [0.1, 0.15) is 43.7 Å². The van der Waals surface area contributed by atoms with E-state index in [9.17, 15) is 0 Å². The van der Waals surface area contributed by atoms with Gasteiger partial charge in [0.25, 0.3) is 0 Å². The first-order chi connectivity index (χ1) is 9.85. The lowest BCUT2D eigenvalue weighted by molar-refractivity contribution is 0.0980. The Morgan fingerprint density at radius 1 is 1.20 bits per heavy atom. The molecular weight excluding hydrogens is 254 g/mol. The molecule has 1 aliphatic rings. The molecule has 0 radical (unpaired) electrons. The minimum absolute atomic E-state index is 0.550. The summed E-state index contributed by atoms with van der Waals surface area (Å²) in [5, 5.41) is 12.4. The van der Waals surface area contributed by atoms with E-state index >= 15 is 0 Å². The Kier molecular flexibility index (Phi) is 5.87. The zero-order valence-electron chi connectivity index (χ0n) is 12.1. The first kappa shape index (κ1) is 14.9. The second-order valence-corrected chi connectivity index (χ2v) is 5.03. The lowest BCUT2D eigenvalue weighted by atomic mass is 9.90. The first-order valence-electron chi connectivity index (χ1n) is 7.40. The topological polar surface area (TPSA) is 51.0 Å². The van der Waals surface area contributed by atoms with Crippen LogP contribution in [0.15, 0.2) is 23.4 Å². The second kappa shape index (κ2) is 7.90. The van der Waals surface area contributed by atoms with Gasteiger partial charge in [0.15, 0.2) is 0 Å². The summed E-state index contributed by atoms with van der Waals surface area (Å²) in [6.07, 6.45) is 5.14. The molecule has 1 aromatic rings. The van der Waals surface area contributed by atoms with E-state index in [4.69, 9.17) is 14.7 Å². The number of benzene rings is 1. The minimum Gasteiger partial charge on any atom is -0.491 e. The molecule has 0 bridgehead atoms. The number of rotatable bonds is 7. The van der Waals surface area contributed by atoms with Crippen LogP contribution < -0.4 is 4.74 Å². The van der Waals surface area contributed by atoms with Crippen molar-refractivity contribution < 1.29 is 14.7 Å². The summed E-state index contributed by atoms with van der Waals surface area (Å²) in [5.41, 5.74) is 3.01. The lowest BCUT2D eigenvalue weighted by Gasteiger charge is -2.18. The highest BCUT2D eigenvalue weighted by molar-refractivity contribution is 6.02. The summed E-state index contributed by atoms with van der Waals surface area (Å²) >= 11 is 0. The van der Waals surface area contributed by atoms with Crippen LogP contribution >= 0.6 is 0 Å². The molecule has 4 heteroatoms. The number of oxime groups is 1. The third-order valence-electron chi connectivity index (χ3n) is 3.51. The van der Waals surface area contributed by atoms with Crippen molar-refractivity contribution in [2.75, 3.05) is 19.8 Å². The molecule has 4 nitrogen and oxygen atoms in total. The zero-order chi connectivity index (χ0) is 14.2. The Morgan fingerprint density at radius 2 is 2.10 bits per heavy atom. The number of fused-ring (bicyclic) bond motifs is 1. The SMILES string of the molecule is CCCCOCCOc1ccc2c(c1)/C(=N\O)CCC2. The quantitative estimate of drug-likeness (QED) is 0.472. The number of hydrogen-bond acceptors (Lipinski definition) is 4. The minimum atomic E-state index is 0.550. The standard InChI is InChI=1S/C16H23NO3/c1-2-3-9-19-10-11-20-14-8-7-13-5-4-6-16(17-18)15(13)12-14/h7-8,12,18H,2-6,9-11H2,1H3/b17-16-. The molecular formula is C16H23NO3. The predicted molar refractivity (Wildman–Crippen MR) is 78.9 cm³/mol. The average Bonchev–Trinajstić information content (AvgIpc) is 2.50. The summed E-state index contributed by atoms with van der Waals surface area (Å²) in [4.78, 5) is 0. The highest BCUT2D eigenvalue weighted by Crippen LogP contribution is 2.25. The molecule has 1 aromatic carbocycles. The summed E-state index contributed by atoms with van der Waals surface area (Å²) in [6, 6.07) is 6.01. The molecule has 0 amide bonds. The fraction of sp³-hybridized carbons (Fsp3) is 0.562. The van der Waals surface area contributed by atoms with E-state index in [1.165, 1.54) is 5.56 Å². The maximum absolute atomic E-state index is 9.05. The molecule has 0 saturated carbocycles. The predicted octanol–water partition coefficient (Wildman–Crippen LogP) is 3.40. The van der Waals surface area contributed by atoms with Crippen molar-refractivity contribution in [2.24, 2.45) is 5.16 Å². The molecule has 2 rings (SSSR count). The van der Waals surface area contributed by atoms with Gasteiger partial charge in [0.05, 0.1) is 12.3 Å². The Morgan fingerprint density at radius 3 is 2.90 bits per heavy atom. The fourth-order valence-electron chi connectivity index (χ4n) is 2.38. The monoisotopic (exact) mass is 277 g/mol. The van der Waals surface area contributed by atoms with Crippen LogP contribution in [0.5, 0.6) is 5.75 Å². The molecule has 0 aliphatic heterocycles. The number of hydrogen-bond donors (Lipinski definition) is 1. The van der Waals surface area contributed by atoms with Crippen LogP contribution in [0.4, 0.5) is 0 Å². The van der Waals surface area contributed by atoms with Gasteiger partial charge in [-0.3, -0.25) is 0 Å². The van der Waals surface area contributed by atoms with Crippen molar-refractivity contribution in [1.82, 2.24) is 0 Å². The van der Waals surface area contributed by atoms with E-state index in [0.29, 0.717) is 13.2 Å². The van der Waals surface area contributed by atoms with E-state index in [2.05, 4.69) is 18.1 Å². The lowest BCUT2D eigenvalue weighted by Crippen LogP contribution is -2.13. The van der Waals surface area contributed by atoms with E-state index in [1.54, 1.807) is 0 Å². The maximum atomic E-state index is 9.05. The van der Waals surface area contributed by atoms with Crippen LogP contribution in [0.25, 0.3) is 0 Å². The van der Waals surface area contributed by atoms with Gasteiger partial charge in [0.2, 0.25) is 0 Å². The number of aryl methyl sites for hydroxylation is 1. The second-order valence-electron chi connectivity index (χ2n) is 5.03. The molecule has 0 spiro atoms. The van der Waals surface area contributed by atoms with Gasteiger partial charge in [-0.2, -0.15) is 0 Å². The Bertz CT molecular complexity index is 457. The highest BCUT2D eigenvalue weighted by Gasteiger charge is 2.16. The number of nitrogens with zero attached hydrogens (tertiary/aromatic N) is 1. The van der Waals surface area contributed by atoms with Gasteiger partial charge in [0, 0.05) is 12.2 Å². The molecule has 110 valence electrons. The van der Waals surface area contributed by atoms with Gasteiger partial charge in [-0.15, -0.1) is 0 Å². The van der Waals surface area contributed by atoms with E-state index < -0.39 is 0 Å². The Labute approximate surface area is 120 Å². The van der Waals surface area contributed by atoms with Crippen LogP contribution in [0.3, 0.4) is 0 Å². The Hall–Kier alpha value is -1.55. The normalized spacial score (nSPS) is 16.1. The van der Waals surface area contributed by atoms with Gasteiger partial charge < -0.3 is 14.7 Å². The van der Waals surface area contributed by atoms with Crippen LogP contribution in [-0.4, -0.2) is 30.7 Å². The van der Waals surface area contributed by atoms with Crippen LogP contribution in [-0.2, 0) is 11.2 Å². The van der Waals surface area contributed by atoms with Crippen molar-refractivity contribution in [1.29, 1.82) is 0 Å². The third kappa shape index (κ3) is 3.97. The van der Waals surface area contributed by atoms with Crippen molar-refractivity contribution in [2.45, 2.75) is 39.0 Å². The van der Waals surface area contributed by atoms with E-state index in [0.717, 1.165) is 55.7 Å². The summed E-state index contributed by atoms with van der Waals surface area (Å²) in [7, 11) is 0. The molecule has 0 aromatic heterocycles. The highest BCUT2D eigenvalue weighted by atomic mass is 16.5. The molecule has 1 N–H and O–H groups in total. The van der Waals surface area contributed by atoms with Gasteiger partial charge in [0.1, 0.15) is 12.4 Å². The van der Waals surface area contributed by atoms with Crippen LogP contribution in [0, 0.1) is 0 Å². The fourth-order valence-corrected chi connectivity index (χ4v) is 2.38. The van der Waals surface area contributed by atoms with Gasteiger partial charge in [-0.05, 0) is 43.4 Å². The number of ether oxygens (including phenoxy) is 2. The summed E-state index contributed by atoms with van der Waals surface area (Å²) < 4.78 is 11.1. The maximum Gasteiger partial charge on any atom is 0.120 e. The van der Waals surface area contributed by atoms with Gasteiger partial charge in [-0.1, -0.05) is 24.6 Å². The molecule has 0 saturated heterocycles.